The summed E-state index contributed by atoms with van der Waals surface area (Å²) < 4.78 is 0. The lowest BCUT2D eigenvalue weighted by molar-refractivity contribution is -0.130. The number of rotatable bonds is 8. The molecule has 0 atom stereocenters. The quantitative estimate of drug-likeness (QED) is 0.735. The number of nitrogens with zero attached hydrogens (tertiary/aromatic N) is 2. The first-order valence-electron chi connectivity index (χ1n) is 9.42. The van der Waals surface area contributed by atoms with Crippen LogP contribution < -0.4 is 10.6 Å². The molecule has 7 heteroatoms. The van der Waals surface area contributed by atoms with Gasteiger partial charge in [-0.2, -0.15) is 0 Å². The van der Waals surface area contributed by atoms with Crippen LogP contribution in [0.5, 0.6) is 0 Å². The number of anilines is 1. The number of amides is 3. The minimum Gasteiger partial charge on any atom is -0.342 e. The molecule has 1 aliphatic carbocycles. The average Bonchev–Trinajstić information content (AvgIpc) is 3.02. The third kappa shape index (κ3) is 6.65. The number of carbonyl (C=O) groups is 2. The van der Waals surface area contributed by atoms with Crippen LogP contribution in [0.25, 0.3) is 0 Å². The second-order valence-electron chi connectivity index (χ2n) is 6.63. The maximum Gasteiger partial charge on any atom is 0.321 e. The number of thiazole rings is 1. The molecule has 1 aliphatic rings. The van der Waals surface area contributed by atoms with Crippen molar-refractivity contribution in [3.05, 3.63) is 11.1 Å². The van der Waals surface area contributed by atoms with Gasteiger partial charge >= 0.3 is 6.03 Å². The molecular weight excluding hydrogens is 336 g/mol. The largest absolute Gasteiger partial charge is 0.342 e. The highest BCUT2D eigenvalue weighted by Crippen LogP contribution is 2.19. The van der Waals surface area contributed by atoms with Crippen LogP contribution in [0, 0.1) is 0 Å². The Labute approximate surface area is 154 Å². The van der Waals surface area contributed by atoms with Crippen LogP contribution >= 0.6 is 11.3 Å². The Kier molecular flexibility index (Phi) is 8.18. The smallest absolute Gasteiger partial charge is 0.321 e. The zero-order chi connectivity index (χ0) is 18.1. The van der Waals surface area contributed by atoms with Crippen LogP contribution in [0.1, 0.15) is 64.5 Å². The molecule has 6 nitrogen and oxygen atoms in total. The van der Waals surface area contributed by atoms with Crippen LogP contribution in [0.15, 0.2) is 5.38 Å². The van der Waals surface area contributed by atoms with Crippen LogP contribution in [-0.4, -0.2) is 41.0 Å². The number of urea groups is 1. The van der Waals surface area contributed by atoms with E-state index in [-0.39, 0.29) is 18.0 Å². The third-order valence-corrected chi connectivity index (χ3v) is 5.19. The van der Waals surface area contributed by atoms with Crippen molar-refractivity contribution in [3.8, 4) is 0 Å². The van der Waals surface area contributed by atoms with E-state index in [4.69, 9.17) is 0 Å². The van der Waals surface area contributed by atoms with Gasteiger partial charge in [-0.15, -0.1) is 11.3 Å². The molecule has 0 spiro atoms. The molecule has 0 unspecified atom stereocenters. The Balaban J connectivity index is 1.82. The van der Waals surface area contributed by atoms with Crippen LogP contribution in [0.4, 0.5) is 9.93 Å². The summed E-state index contributed by atoms with van der Waals surface area (Å²) in [7, 11) is 0. The maximum atomic E-state index is 12.4. The van der Waals surface area contributed by atoms with Crippen molar-refractivity contribution in [2.45, 2.75) is 71.3 Å². The minimum absolute atomic E-state index is 0.104. The van der Waals surface area contributed by atoms with Gasteiger partial charge in [0.25, 0.3) is 0 Å². The SMILES string of the molecule is CCCN(CCC)C(=O)Cc1csc(NC(=O)NC2CCCCC2)n1. The van der Waals surface area contributed by atoms with Gasteiger partial charge in [-0.25, -0.2) is 9.78 Å². The molecule has 1 heterocycles. The predicted molar refractivity (Wildman–Crippen MR) is 102 cm³/mol. The highest BCUT2D eigenvalue weighted by atomic mass is 32.1. The summed E-state index contributed by atoms with van der Waals surface area (Å²) >= 11 is 1.37. The van der Waals surface area contributed by atoms with Gasteiger partial charge in [0.1, 0.15) is 0 Å². The molecule has 1 fully saturated rings. The number of carbonyl (C=O) groups excluding carboxylic acids is 2. The summed E-state index contributed by atoms with van der Waals surface area (Å²) in [5.41, 5.74) is 0.722. The fraction of sp³-hybridized carbons (Fsp3) is 0.722. The zero-order valence-corrected chi connectivity index (χ0v) is 16.2. The highest BCUT2D eigenvalue weighted by molar-refractivity contribution is 7.13. The number of nitrogens with one attached hydrogen (secondary N) is 2. The highest BCUT2D eigenvalue weighted by Gasteiger charge is 2.17. The Morgan fingerprint density at radius 3 is 2.52 bits per heavy atom. The van der Waals surface area contributed by atoms with Crippen molar-refractivity contribution in [3.63, 3.8) is 0 Å². The fourth-order valence-corrected chi connectivity index (χ4v) is 3.88. The Bertz CT molecular complexity index is 549. The van der Waals surface area contributed by atoms with E-state index in [1.54, 1.807) is 0 Å². The van der Waals surface area contributed by atoms with E-state index in [1.165, 1.54) is 30.6 Å². The molecule has 25 heavy (non-hydrogen) atoms. The molecule has 2 N–H and O–H groups in total. The van der Waals surface area contributed by atoms with E-state index in [2.05, 4.69) is 29.5 Å². The van der Waals surface area contributed by atoms with E-state index in [9.17, 15) is 9.59 Å². The van der Waals surface area contributed by atoms with E-state index in [0.717, 1.165) is 44.5 Å². The van der Waals surface area contributed by atoms with E-state index in [1.807, 2.05) is 10.3 Å². The molecule has 1 aromatic rings. The van der Waals surface area contributed by atoms with Gasteiger partial charge in [0.15, 0.2) is 5.13 Å². The summed E-state index contributed by atoms with van der Waals surface area (Å²) in [4.78, 5) is 30.7. The van der Waals surface area contributed by atoms with Gasteiger partial charge in [0.05, 0.1) is 12.1 Å². The lowest BCUT2D eigenvalue weighted by Crippen LogP contribution is -2.39. The van der Waals surface area contributed by atoms with Gasteiger partial charge in [0, 0.05) is 24.5 Å². The Morgan fingerprint density at radius 2 is 1.88 bits per heavy atom. The van der Waals surface area contributed by atoms with Crippen LogP contribution in [-0.2, 0) is 11.2 Å². The molecule has 0 radical (unpaired) electrons. The van der Waals surface area contributed by atoms with Gasteiger partial charge < -0.3 is 10.2 Å². The molecule has 3 amide bonds. The summed E-state index contributed by atoms with van der Waals surface area (Å²) in [5.74, 6) is 0.104. The molecule has 2 rings (SSSR count). The third-order valence-electron chi connectivity index (χ3n) is 4.38. The second kappa shape index (κ2) is 10.4. The number of hydrogen-bond donors (Lipinski definition) is 2. The van der Waals surface area contributed by atoms with Crippen molar-refractivity contribution in [1.29, 1.82) is 0 Å². The van der Waals surface area contributed by atoms with E-state index < -0.39 is 0 Å². The van der Waals surface area contributed by atoms with Gasteiger partial charge in [0.2, 0.25) is 5.91 Å². The Hall–Kier alpha value is -1.63. The molecule has 0 bridgehead atoms. The first-order chi connectivity index (χ1) is 12.1. The van der Waals surface area contributed by atoms with Gasteiger partial charge in [-0.3, -0.25) is 10.1 Å². The van der Waals surface area contributed by atoms with Crippen molar-refractivity contribution < 1.29 is 9.59 Å². The summed E-state index contributed by atoms with van der Waals surface area (Å²) in [6, 6.07) is 0.0733. The van der Waals surface area contributed by atoms with E-state index >= 15 is 0 Å². The zero-order valence-electron chi connectivity index (χ0n) is 15.3. The molecule has 0 aromatic carbocycles. The molecule has 1 saturated carbocycles. The summed E-state index contributed by atoms with van der Waals surface area (Å²) in [6.07, 6.45) is 7.93. The van der Waals surface area contributed by atoms with Crippen molar-refractivity contribution >= 4 is 28.4 Å². The molecular formula is C18H30N4O2S. The van der Waals surface area contributed by atoms with Gasteiger partial charge in [-0.05, 0) is 25.7 Å². The Morgan fingerprint density at radius 1 is 1.20 bits per heavy atom. The van der Waals surface area contributed by atoms with Crippen LogP contribution in [0.2, 0.25) is 0 Å². The molecule has 140 valence electrons. The fourth-order valence-electron chi connectivity index (χ4n) is 3.18. The second-order valence-corrected chi connectivity index (χ2v) is 7.49. The minimum atomic E-state index is -0.197. The number of aromatic nitrogens is 1. The first-order valence-corrected chi connectivity index (χ1v) is 10.3. The normalized spacial score (nSPS) is 15.0. The van der Waals surface area contributed by atoms with Crippen molar-refractivity contribution in [2.75, 3.05) is 18.4 Å². The topological polar surface area (TPSA) is 74.3 Å². The van der Waals surface area contributed by atoms with Crippen LogP contribution in [0.3, 0.4) is 0 Å². The lowest BCUT2D eigenvalue weighted by atomic mass is 9.96. The standard InChI is InChI=1S/C18H30N4O2S/c1-3-10-22(11-4-2)16(23)12-15-13-25-18(20-15)21-17(24)19-14-8-6-5-7-9-14/h13-14H,3-12H2,1-2H3,(H2,19,20,21,24). The maximum absolute atomic E-state index is 12.4. The van der Waals surface area contributed by atoms with Crippen molar-refractivity contribution in [1.82, 2.24) is 15.2 Å². The average molecular weight is 367 g/mol. The molecule has 1 aromatic heterocycles. The first kappa shape index (κ1) is 19.7. The lowest BCUT2D eigenvalue weighted by Gasteiger charge is -2.22. The van der Waals surface area contributed by atoms with Gasteiger partial charge in [-0.1, -0.05) is 33.1 Å². The van der Waals surface area contributed by atoms with Crippen molar-refractivity contribution in [2.24, 2.45) is 0 Å². The molecule has 0 saturated heterocycles. The summed E-state index contributed by atoms with van der Waals surface area (Å²) in [6.45, 7) is 5.72. The predicted octanol–water partition coefficient (Wildman–Crippen LogP) is 3.79. The molecule has 0 aliphatic heterocycles. The number of hydrogen-bond acceptors (Lipinski definition) is 4. The summed E-state index contributed by atoms with van der Waals surface area (Å²) in [5, 5.41) is 8.21. The monoisotopic (exact) mass is 366 g/mol. The van der Waals surface area contributed by atoms with E-state index in [0.29, 0.717) is 11.6 Å².